The van der Waals surface area contributed by atoms with Gasteiger partial charge < -0.3 is 36.2 Å². The second-order valence-corrected chi connectivity index (χ2v) is 30.2. The third-order valence-corrected chi connectivity index (χ3v) is 21.4. The van der Waals surface area contributed by atoms with Gasteiger partial charge in [-0.25, -0.2) is 0 Å². The monoisotopic (exact) mass is 1090 g/mol. The van der Waals surface area contributed by atoms with Crippen molar-refractivity contribution >= 4 is 5.91 Å². The number of carbonyl (C=O) groups is 1. The number of amides is 1. The summed E-state index contributed by atoms with van der Waals surface area (Å²) < 4.78 is 0. The predicted octanol–water partition coefficient (Wildman–Crippen LogP) is 14.3. The molecule has 78 heavy (non-hydrogen) atoms. The number of benzene rings is 1. The van der Waals surface area contributed by atoms with Crippen molar-refractivity contribution in [2.24, 2.45) is 75.9 Å². The Morgan fingerprint density at radius 1 is 0.603 bits per heavy atom. The molecule has 6 aliphatic heterocycles. The van der Waals surface area contributed by atoms with Gasteiger partial charge in [0.05, 0.1) is 6.10 Å². The van der Waals surface area contributed by atoms with Crippen molar-refractivity contribution in [3.8, 4) is 0 Å². The Bertz CT molecular complexity index is 1690. The molecule has 9 heteroatoms. The summed E-state index contributed by atoms with van der Waals surface area (Å²) in [5, 5.41) is 22.2. The molecule has 1 aromatic rings. The van der Waals surface area contributed by atoms with Crippen LogP contribution in [0.2, 0.25) is 0 Å². The van der Waals surface area contributed by atoms with E-state index < -0.39 is 0 Å². The van der Waals surface area contributed by atoms with E-state index in [1.807, 2.05) is 0 Å². The molecule has 6 saturated heterocycles. The summed E-state index contributed by atoms with van der Waals surface area (Å²) in [5.74, 6) is 9.14. The molecule has 6 heterocycles. The van der Waals surface area contributed by atoms with Gasteiger partial charge >= 0.3 is 0 Å². The minimum atomic E-state index is 0.0300. The minimum Gasteiger partial charge on any atom is -0.393 e. The van der Waals surface area contributed by atoms with E-state index in [1.165, 1.54) is 103 Å². The Labute approximate surface area is 486 Å². The lowest BCUT2D eigenvalue weighted by Crippen LogP contribution is -2.57. The summed E-state index contributed by atoms with van der Waals surface area (Å²) in [6, 6.07) is 11.5. The van der Waals surface area contributed by atoms with Gasteiger partial charge in [-0.05, 0) is 200 Å². The van der Waals surface area contributed by atoms with Crippen molar-refractivity contribution in [1.29, 1.82) is 0 Å². The molecule has 0 radical (unpaired) electrons. The number of carbonyl (C=O) groups excluding carboxylic acids is 1. The average Bonchev–Trinajstić information content (AvgIpc) is 3.89. The molecule has 1 aromatic carbocycles. The van der Waals surface area contributed by atoms with E-state index in [-0.39, 0.29) is 17.6 Å². The van der Waals surface area contributed by atoms with E-state index in [0.29, 0.717) is 27.8 Å². The maximum absolute atomic E-state index is 10.8. The Kier molecular flexibility index (Phi) is 31.3. The van der Waals surface area contributed by atoms with Gasteiger partial charge in [0.2, 0.25) is 5.91 Å². The fraction of sp³-hybridized carbons (Fsp3) is 0.899. The number of nitrogens with zero attached hydrogens (tertiary/aromatic N) is 3. The van der Waals surface area contributed by atoms with E-state index in [1.54, 1.807) is 6.92 Å². The summed E-state index contributed by atoms with van der Waals surface area (Å²) in [5.41, 5.74) is 3.70. The molecule has 2 saturated carbocycles. The average molecular weight is 1090 g/mol. The first-order valence-corrected chi connectivity index (χ1v) is 32.5. The lowest BCUT2D eigenvalue weighted by Gasteiger charge is -2.45. The van der Waals surface area contributed by atoms with Crippen molar-refractivity contribution in [3.05, 3.63) is 35.9 Å². The van der Waals surface area contributed by atoms with Gasteiger partial charge in [0.15, 0.2) is 0 Å². The molecule has 8 aliphatic rings. The van der Waals surface area contributed by atoms with Crippen LogP contribution in [-0.2, 0) is 11.3 Å². The summed E-state index contributed by atoms with van der Waals surface area (Å²) in [6.07, 6.45) is 11.1. The van der Waals surface area contributed by atoms with E-state index in [0.717, 1.165) is 97.4 Å². The number of likely N-dealkylation sites (tertiary alicyclic amines) is 3. The molecule has 9 nitrogen and oxygen atoms in total. The molecule has 4 atom stereocenters. The zero-order valence-corrected chi connectivity index (χ0v) is 56.2. The van der Waals surface area contributed by atoms with Crippen LogP contribution < -0.4 is 21.3 Å². The summed E-state index contributed by atoms with van der Waals surface area (Å²) >= 11 is 0. The highest BCUT2D eigenvalue weighted by Gasteiger charge is 2.41. The van der Waals surface area contributed by atoms with Crippen molar-refractivity contribution in [1.82, 2.24) is 36.0 Å². The van der Waals surface area contributed by atoms with Crippen LogP contribution >= 0.6 is 0 Å². The Morgan fingerprint density at radius 2 is 1.06 bits per heavy atom. The van der Waals surface area contributed by atoms with Gasteiger partial charge in [0, 0.05) is 75.4 Å². The zero-order chi connectivity index (χ0) is 59.4. The molecule has 2 aliphatic carbocycles. The van der Waals surface area contributed by atoms with Crippen LogP contribution in [0.4, 0.5) is 0 Å². The largest absolute Gasteiger partial charge is 0.393 e. The van der Waals surface area contributed by atoms with E-state index in [4.69, 9.17) is 5.11 Å². The number of nitrogens with one attached hydrogen (secondary N) is 4. The SMILES string of the molecule is CC(=O)NC1(C(C)C)CCC1.CC(C)C1(C)CCN(C)C1.CC(C)C1(C)CCN1.CC(C)C1(C)CCN1.CC(C)C1(C)CCNC1.CC(C)C1CC(O)C1.CC(C)C1CN(C(C)C)C1.CC(C)C1CN(Cc2ccccc2)C1. The van der Waals surface area contributed by atoms with Gasteiger partial charge in [0.1, 0.15) is 0 Å². The summed E-state index contributed by atoms with van der Waals surface area (Å²) in [6.45, 7) is 65.7. The van der Waals surface area contributed by atoms with Crippen LogP contribution in [0.15, 0.2) is 30.3 Å². The molecule has 0 aromatic heterocycles. The standard InChI is InChI=1S/C13H19N.C9H17NO.2C9H19N.C8H17N.2C7H15N.C7H14O/c1-11(2)13-9-14(10-13)8-12-6-4-3-5-7-12;1-7(2)9(5-4-6-9)10-8(3)11;1-7(2)9-5-10(6-9)8(3)4;1-8(2)9(3)5-6-10(4)7-9;1-7(2)8(3)4-5-9-6-8;2*1-6(2)7(3)4-5-8-7;1-5(2)6-3-7(8)4-6/h3-7,11,13H,8-10H2,1-2H3;7H,4-6H2,1-3H3,(H,10,11);7-9H,5-6H2,1-4H3;8H,5-7H2,1-4H3;7,9H,4-6H2,1-3H3;2*6,8H,4-5H2,1-3H3;5-8H,3-4H2,1-2H3. The maximum Gasteiger partial charge on any atom is 0.217 e. The molecule has 4 unspecified atom stereocenters. The van der Waals surface area contributed by atoms with Gasteiger partial charge in [-0.2, -0.15) is 0 Å². The third kappa shape index (κ3) is 23.9. The Morgan fingerprint density at radius 3 is 1.28 bits per heavy atom. The third-order valence-electron chi connectivity index (χ3n) is 21.4. The second kappa shape index (κ2) is 33.6. The van der Waals surface area contributed by atoms with Crippen LogP contribution in [0.5, 0.6) is 0 Å². The molecule has 458 valence electrons. The van der Waals surface area contributed by atoms with Crippen LogP contribution in [0.3, 0.4) is 0 Å². The van der Waals surface area contributed by atoms with Crippen molar-refractivity contribution < 1.29 is 9.90 Å². The number of aliphatic hydroxyl groups excluding tert-OH is 1. The first-order valence-electron chi connectivity index (χ1n) is 32.5. The van der Waals surface area contributed by atoms with Crippen molar-refractivity contribution in [2.45, 2.75) is 252 Å². The van der Waals surface area contributed by atoms with Gasteiger partial charge in [-0.3, -0.25) is 9.69 Å². The fourth-order valence-electron chi connectivity index (χ4n) is 11.4. The number of hydrogen-bond acceptors (Lipinski definition) is 8. The van der Waals surface area contributed by atoms with Gasteiger partial charge in [-0.1, -0.05) is 155 Å². The fourth-order valence-corrected chi connectivity index (χ4v) is 11.4. The molecule has 1 amide bonds. The van der Waals surface area contributed by atoms with Crippen LogP contribution in [-0.4, -0.2) is 127 Å². The van der Waals surface area contributed by atoms with Crippen LogP contribution in [0.1, 0.15) is 223 Å². The molecular formula is C69H135N7O2. The topological polar surface area (TPSA) is 95.1 Å². The van der Waals surface area contributed by atoms with Crippen LogP contribution in [0.25, 0.3) is 0 Å². The normalized spacial score (nSPS) is 29.4. The highest BCUT2D eigenvalue weighted by atomic mass is 16.3. The number of aliphatic hydroxyl groups is 1. The van der Waals surface area contributed by atoms with Crippen LogP contribution in [0, 0.1) is 75.9 Å². The highest BCUT2D eigenvalue weighted by Crippen LogP contribution is 2.39. The predicted molar refractivity (Wildman–Crippen MR) is 341 cm³/mol. The Balaban J connectivity index is 0.000000307. The summed E-state index contributed by atoms with van der Waals surface area (Å²) in [4.78, 5) is 18.3. The molecule has 0 spiro atoms. The minimum absolute atomic E-state index is 0.0300. The van der Waals surface area contributed by atoms with Gasteiger partial charge in [-0.15, -0.1) is 0 Å². The lowest BCUT2D eigenvalue weighted by molar-refractivity contribution is -0.122. The Hall–Kier alpha value is -1.59. The maximum atomic E-state index is 10.8. The first-order chi connectivity index (χ1) is 36.1. The lowest BCUT2D eigenvalue weighted by atomic mass is 9.69. The molecule has 9 rings (SSSR count). The van der Waals surface area contributed by atoms with Gasteiger partial charge in [0.25, 0.3) is 0 Å². The molecular weight excluding hydrogens is 959 g/mol. The summed E-state index contributed by atoms with van der Waals surface area (Å²) in [7, 11) is 2.22. The smallest absolute Gasteiger partial charge is 0.217 e. The zero-order valence-electron chi connectivity index (χ0n) is 56.2. The van der Waals surface area contributed by atoms with E-state index in [2.05, 4.69) is 226 Å². The molecule has 5 N–H and O–H groups in total. The number of hydrogen-bond donors (Lipinski definition) is 5. The molecule has 8 fully saturated rings. The first kappa shape index (κ1) is 72.5. The van der Waals surface area contributed by atoms with Crippen molar-refractivity contribution in [2.75, 3.05) is 72.5 Å². The highest BCUT2D eigenvalue weighted by molar-refractivity contribution is 5.74. The van der Waals surface area contributed by atoms with E-state index >= 15 is 0 Å². The number of rotatable bonds is 12. The van der Waals surface area contributed by atoms with Crippen molar-refractivity contribution in [3.63, 3.8) is 0 Å². The molecule has 0 bridgehead atoms. The quantitative estimate of drug-likeness (QED) is 0.141. The second-order valence-electron chi connectivity index (χ2n) is 30.2. The van der Waals surface area contributed by atoms with E-state index in [9.17, 15) is 4.79 Å².